The molecule has 2 heterocycles. The van der Waals surface area contributed by atoms with E-state index in [2.05, 4.69) is 9.97 Å². The Morgan fingerprint density at radius 1 is 1.24 bits per heavy atom. The van der Waals surface area contributed by atoms with Crippen molar-refractivity contribution >= 4 is 22.9 Å². The van der Waals surface area contributed by atoms with Crippen LogP contribution in [0.5, 0.6) is 0 Å². The van der Waals surface area contributed by atoms with E-state index in [0.717, 1.165) is 5.52 Å². The van der Waals surface area contributed by atoms with E-state index in [1.165, 1.54) is 18.2 Å². The first-order valence-corrected chi connectivity index (χ1v) is 7.64. The zero-order valence-electron chi connectivity index (χ0n) is 14.1. The molecular weight excluding hydrogens is 322 g/mol. The number of furan rings is 1. The van der Waals surface area contributed by atoms with Crippen LogP contribution in [0.3, 0.4) is 0 Å². The van der Waals surface area contributed by atoms with Gasteiger partial charge in [-0.05, 0) is 25.1 Å². The summed E-state index contributed by atoms with van der Waals surface area (Å²) in [5, 5.41) is 0. The first kappa shape index (κ1) is 16.6. The van der Waals surface area contributed by atoms with Gasteiger partial charge in [0.1, 0.15) is 22.8 Å². The van der Waals surface area contributed by atoms with Crippen LogP contribution in [0.4, 0.5) is 0 Å². The Balaban J connectivity index is 1.79. The van der Waals surface area contributed by atoms with Crippen LogP contribution in [0.25, 0.3) is 11.0 Å². The average Bonchev–Trinajstić information content (AvgIpc) is 3.00. The van der Waals surface area contributed by atoms with Crippen LogP contribution < -0.4 is 0 Å². The standard InChI is InChI=1S/C18H17N3O4/c1-11-13(18(23)24-3)8-12(25-11)10-21(2)17(22)16-9-19-14-6-4-5-7-15(14)20-16/h4-9H,10H2,1-3H3. The van der Waals surface area contributed by atoms with Crippen molar-refractivity contribution in [3.05, 3.63) is 59.3 Å². The molecule has 0 N–H and O–H groups in total. The van der Waals surface area contributed by atoms with Crippen molar-refractivity contribution < 1.29 is 18.7 Å². The van der Waals surface area contributed by atoms with E-state index >= 15 is 0 Å². The number of ether oxygens (including phenoxy) is 1. The van der Waals surface area contributed by atoms with Gasteiger partial charge in [0, 0.05) is 7.05 Å². The third kappa shape index (κ3) is 3.35. The van der Waals surface area contributed by atoms with Crippen molar-refractivity contribution in [1.82, 2.24) is 14.9 Å². The molecule has 128 valence electrons. The second kappa shape index (κ2) is 6.72. The van der Waals surface area contributed by atoms with Crippen molar-refractivity contribution in [1.29, 1.82) is 0 Å². The lowest BCUT2D eigenvalue weighted by Crippen LogP contribution is -2.27. The Morgan fingerprint density at radius 3 is 2.68 bits per heavy atom. The number of carbonyl (C=O) groups excluding carboxylic acids is 2. The lowest BCUT2D eigenvalue weighted by molar-refractivity contribution is 0.0598. The van der Waals surface area contributed by atoms with Gasteiger partial charge in [-0.2, -0.15) is 0 Å². The van der Waals surface area contributed by atoms with E-state index < -0.39 is 5.97 Å². The molecule has 0 unspecified atom stereocenters. The molecule has 2 aromatic heterocycles. The van der Waals surface area contributed by atoms with E-state index in [9.17, 15) is 9.59 Å². The van der Waals surface area contributed by atoms with Gasteiger partial charge in [-0.15, -0.1) is 0 Å². The van der Waals surface area contributed by atoms with Gasteiger partial charge in [0.15, 0.2) is 0 Å². The highest BCUT2D eigenvalue weighted by Crippen LogP contribution is 2.18. The highest BCUT2D eigenvalue weighted by atomic mass is 16.5. The molecule has 7 heteroatoms. The third-order valence-corrected chi connectivity index (χ3v) is 3.78. The molecular formula is C18H17N3O4. The number of para-hydroxylation sites is 2. The molecule has 0 saturated heterocycles. The molecule has 0 aliphatic rings. The number of rotatable bonds is 4. The number of methoxy groups -OCH3 is 1. The molecule has 1 aromatic carbocycles. The van der Waals surface area contributed by atoms with Gasteiger partial charge in [0.25, 0.3) is 5.91 Å². The predicted octanol–water partition coefficient (Wildman–Crippen LogP) is 2.59. The molecule has 0 spiro atoms. The number of fused-ring (bicyclic) bond motifs is 1. The zero-order valence-corrected chi connectivity index (χ0v) is 14.1. The number of carbonyl (C=O) groups is 2. The molecule has 0 saturated carbocycles. The molecule has 0 fully saturated rings. The van der Waals surface area contributed by atoms with Crippen LogP contribution in [-0.2, 0) is 11.3 Å². The number of hydrogen-bond acceptors (Lipinski definition) is 6. The summed E-state index contributed by atoms with van der Waals surface area (Å²) in [4.78, 5) is 34.2. The first-order chi connectivity index (χ1) is 12.0. The van der Waals surface area contributed by atoms with Crippen molar-refractivity contribution in [2.45, 2.75) is 13.5 Å². The highest BCUT2D eigenvalue weighted by Gasteiger charge is 2.19. The molecule has 0 bridgehead atoms. The smallest absolute Gasteiger partial charge is 0.341 e. The summed E-state index contributed by atoms with van der Waals surface area (Å²) in [6.45, 7) is 1.87. The normalized spacial score (nSPS) is 10.7. The van der Waals surface area contributed by atoms with E-state index in [1.807, 2.05) is 18.2 Å². The zero-order chi connectivity index (χ0) is 18.0. The average molecular weight is 339 g/mol. The quantitative estimate of drug-likeness (QED) is 0.679. The fraction of sp³-hybridized carbons (Fsp3) is 0.222. The molecule has 3 aromatic rings. The van der Waals surface area contributed by atoms with Crippen molar-refractivity contribution in [2.24, 2.45) is 0 Å². The molecule has 7 nitrogen and oxygen atoms in total. The predicted molar refractivity (Wildman–Crippen MR) is 90.1 cm³/mol. The molecule has 0 aliphatic carbocycles. The van der Waals surface area contributed by atoms with Gasteiger partial charge in [0.2, 0.25) is 0 Å². The first-order valence-electron chi connectivity index (χ1n) is 7.64. The van der Waals surface area contributed by atoms with E-state index in [0.29, 0.717) is 22.6 Å². The molecule has 25 heavy (non-hydrogen) atoms. The number of nitrogens with zero attached hydrogens (tertiary/aromatic N) is 3. The van der Waals surface area contributed by atoms with Gasteiger partial charge in [-0.25, -0.2) is 9.78 Å². The monoisotopic (exact) mass is 339 g/mol. The highest BCUT2D eigenvalue weighted by molar-refractivity contribution is 5.93. The summed E-state index contributed by atoms with van der Waals surface area (Å²) in [6, 6.07) is 8.92. The minimum Gasteiger partial charge on any atom is -0.465 e. The lowest BCUT2D eigenvalue weighted by atomic mass is 10.2. The fourth-order valence-corrected chi connectivity index (χ4v) is 2.50. The molecule has 0 aliphatic heterocycles. The van der Waals surface area contributed by atoms with Crippen molar-refractivity contribution in [3.8, 4) is 0 Å². The van der Waals surface area contributed by atoms with Crippen LogP contribution >= 0.6 is 0 Å². The SMILES string of the molecule is COC(=O)c1cc(CN(C)C(=O)c2cnc3ccccc3n2)oc1C. The van der Waals surface area contributed by atoms with Crippen LogP contribution in [0, 0.1) is 6.92 Å². The van der Waals surface area contributed by atoms with Crippen molar-refractivity contribution in [3.63, 3.8) is 0 Å². The van der Waals surface area contributed by atoms with E-state index in [4.69, 9.17) is 9.15 Å². The maximum Gasteiger partial charge on any atom is 0.341 e. The molecule has 0 radical (unpaired) electrons. The van der Waals surface area contributed by atoms with Gasteiger partial charge < -0.3 is 14.1 Å². The maximum absolute atomic E-state index is 12.6. The van der Waals surface area contributed by atoms with Gasteiger partial charge >= 0.3 is 5.97 Å². The summed E-state index contributed by atoms with van der Waals surface area (Å²) in [5.41, 5.74) is 1.98. The van der Waals surface area contributed by atoms with E-state index in [1.54, 1.807) is 26.1 Å². The number of aryl methyl sites for hydroxylation is 1. The molecule has 1 amide bonds. The molecule has 3 rings (SSSR count). The second-order valence-corrected chi connectivity index (χ2v) is 5.58. The number of benzene rings is 1. The Morgan fingerprint density at radius 2 is 1.96 bits per heavy atom. The summed E-state index contributed by atoms with van der Waals surface area (Å²) in [6.07, 6.45) is 1.45. The largest absolute Gasteiger partial charge is 0.465 e. The second-order valence-electron chi connectivity index (χ2n) is 5.58. The summed E-state index contributed by atoms with van der Waals surface area (Å²) in [5.74, 6) is 0.185. The van der Waals surface area contributed by atoms with Crippen molar-refractivity contribution in [2.75, 3.05) is 14.2 Å². The Labute approximate surface area is 144 Å². The van der Waals surface area contributed by atoms with E-state index in [-0.39, 0.29) is 18.1 Å². The third-order valence-electron chi connectivity index (χ3n) is 3.78. The van der Waals surface area contributed by atoms with Gasteiger partial charge in [-0.1, -0.05) is 12.1 Å². The van der Waals surface area contributed by atoms with Gasteiger partial charge in [-0.3, -0.25) is 9.78 Å². The van der Waals surface area contributed by atoms with Crippen LogP contribution in [0.1, 0.15) is 32.4 Å². The minimum absolute atomic E-state index is 0.200. The summed E-state index contributed by atoms with van der Waals surface area (Å²) < 4.78 is 10.2. The fourth-order valence-electron chi connectivity index (χ4n) is 2.50. The topological polar surface area (TPSA) is 85.5 Å². The lowest BCUT2D eigenvalue weighted by Gasteiger charge is -2.15. The Hall–Kier alpha value is -3.22. The number of amides is 1. The van der Waals surface area contributed by atoms with Crippen LogP contribution in [-0.4, -0.2) is 40.9 Å². The number of hydrogen-bond donors (Lipinski definition) is 0. The summed E-state index contributed by atoms with van der Waals surface area (Å²) >= 11 is 0. The number of aromatic nitrogens is 2. The summed E-state index contributed by atoms with van der Waals surface area (Å²) in [7, 11) is 2.94. The number of esters is 1. The minimum atomic E-state index is -0.470. The Bertz CT molecular complexity index is 948. The van der Waals surface area contributed by atoms with Crippen LogP contribution in [0.2, 0.25) is 0 Å². The van der Waals surface area contributed by atoms with Gasteiger partial charge in [0.05, 0.1) is 30.9 Å². The van der Waals surface area contributed by atoms with Crippen LogP contribution in [0.15, 0.2) is 40.9 Å². The maximum atomic E-state index is 12.6. The Kier molecular flexibility index (Phi) is 4.47. The molecule has 0 atom stereocenters.